The van der Waals surface area contributed by atoms with Gasteiger partial charge in [-0.25, -0.2) is 0 Å². The third-order valence-electron chi connectivity index (χ3n) is 2.86. The highest BCUT2D eigenvalue weighted by atomic mass is 16.4. The van der Waals surface area contributed by atoms with Crippen molar-refractivity contribution in [1.29, 1.82) is 0 Å². The van der Waals surface area contributed by atoms with E-state index in [2.05, 4.69) is 0 Å². The highest BCUT2D eigenvalue weighted by Crippen LogP contribution is 2.29. The predicted octanol–water partition coefficient (Wildman–Crippen LogP) is 0.509. The summed E-state index contributed by atoms with van der Waals surface area (Å²) in [5.74, 6) is -0.944. The largest absolute Gasteiger partial charge is 0.481 e. The smallest absolute Gasteiger partial charge is 0.305 e. The molecule has 0 atom stereocenters. The molecule has 0 unspecified atom stereocenters. The number of carboxylic acids is 1. The Balaban J connectivity index is 2.22. The van der Waals surface area contributed by atoms with Crippen LogP contribution in [0.15, 0.2) is 18.2 Å². The molecule has 0 bridgehead atoms. The molecule has 0 spiro atoms. The van der Waals surface area contributed by atoms with Crippen LogP contribution in [0.3, 0.4) is 0 Å². The minimum absolute atomic E-state index is 0.0379. The van der Waals surface area contributed by atoms with Crippen molar-refractivity contribution >= 4 is 17.6 Å². The number of rotatable bonds is 4. The normalized spacial score (nSPS) is 13.9. The average Bonchev–Trinajstić information content (AvgIpc) is 2.60. The van der Waals surface area contributed by atoms with E-state index in [4.69, 9.17) is 10.8 Å². The highest BCUT2D eigenvalue weighted by Gasteiger charge is 2.27. The molecule has 90 valence electrons. The van der Waals surface area contributed by atoms with Crippen LogP contribution in [0.1, 0.15) is 17.5 Å². The van der Waals surface area contributed by atoms with Crippen molar-refractivity contribution in [2.45, 2.75) is 19.4 Å². The number of anilines is 1. The minimum Gasteiger partial charge on any atom is -0.481 e. The number of aliphatic carboxylic acids is 1. The summed E-state index contributed by atoms with van der Waals surface area (Å²) < 4.78 is 0. The first-order chi connectivity index (χ1) is 8.11. The summed E-state index contributed by atoms with van der Waals surface area (Å²) in [4.78, 5) is 23.8. The van der Waals surface area contributed by atoms with E-state index in [1.165, 1.54) is 4.90 Å². The van der Waals surface area contributed by atoms with Gasteiger partial charge in [-0.05, 0) is 17.2 Å². The zero-order valence-corrected chi connectivity index (χ0v) is 9.35. The maximum absolute atomic E-state index is 11.7. The number of amides is 1. The molecule has 2 rings (SSSR count). The van der Waals surface area contributed by atoms with Crippen molar-refractivity contribution < 1.29 is 14.7 Å². The number of nitrogens with zero attached hydrogens (tertiary/aromatic N) is 1. The molecule has 3 N–H and O–H groups in total. The zero-order valence-electron chi connectivity index (χ0n) is 9.35. The van der Waals surface area contributed by atoms with Gasteiger partial charge in [0, 0.05) is 18.8 Å². The molecule has 5 heteroatoms. The van der Waals surface area contributed by atoms with Crippen molar-refractivity contribution in [3.05, 3.63) is 29.3 Å². The molecule has 0 radical (unpaired) electrons. The molecular formula is C12H14N2O3. The van der Waals surface area contributed by atoms with E-state index >= 15 is 0 Å². The van der Waals surface area contributed by atoms with Gasteiger partial charge in [0.15, 0.2) is 0 Å². The molecule has 5 nitrogen and oxygen atoms in total. The van der Waals surface area contributed by atoms with Crippen LogP contribution in [0.5, 0.6) is 0 Å². The van der Waals surface area contributed by atoms with Crippen LogP contribution in [0.25, 0.3) is 0 Å². The molecule has 0 aliphatic carbocycles. The summed E-state index contributed by atoms with van der Waals surface area (Å²) in [6.07, 6.45) is 0.298. The summed E-state index contributed by atoms with van der Waals surface area (Å²) >= 11 is 0. The van der Waals surface area contributed by atoms with Gasteiger partial charge in [-0.3, -0.25) is 9.59 Å². The molecule has 1 aromatic carbocycles. The Hall–Kier alpha value is -1.88. The number of hydrogen-bond donors (Lipinski definition) is 2. The molecule has 0 saturated carbocycles. The number of hydrogen-bond acceptors (Lipinski definition) is 3. The van der Waals surface area contributed by atoms with Crippen LogP contribution in [0, 0.1) is 0 Å². The molecule has 1 aromatic rings. The molecule has 0 aromatic heterocycles. The van der Waals surface area contributed by atoms with Crippen molar-refractivity contribution in [2.75, 3.05) is 11.4 Å². The quantitative estimate of drug-likeness (QED) is 0.795. The lowest BCUT2D eigenvalue weighted by Crippen LogP contribution is -2.29. The molecule has 1 aliphatic rings. The molecule has 0 fully saturated rings. The van der Waals surface area contributed by atoms with Crippen LogP contribution in [-0.4, -0.2) is 23.5 Å². The number of carbonyl (C=O) groups excluding carboxylic acids is 1. The Kier molecular flexibility index (Phi) is 3.10. The number of carboxylic acid groups (broad SMARTS) is 1. The van der Waals surface area contributed by atoms with Gasteiger partial charge in [-0.1, -0.05) is 12.1 Å². The predicted molar refractivity (Wildman–Crippen MR) is 62.6 cm³/mol. The summed E-state index contributed by atoms with van der Waals surface area (Å²) in [6.45, 7) is 0.666. The SMILES string of the molecule is NCc1ccc2c(c1)CC(=O)N2CCC(=O)O. The van der Waals surface area contributed by atoms with E-state index in [1.807, 2.05) is 18.2 Å². The first-order valence-electron chi connectivity index (χ1n) is 5.46. The van der Waals surface area contributed by atoms with Crippen molar-refractivity contribution in [1.82, 2.24) is 0 Å². The Morgan fingerprint density at radius 2 is 2.24 bits per heavy atom. The van der Waals surface area contributed by atoms with Gasteiger partial charge in [0.25, 0.3) is 0 Å². The van der Waals surface area contributed by atoms with Gasteiger partial charge < -0.3 is 15.7 Å². The lowest BCUT2D eigenvalue weighted by atomic mass is 10.1. The molecule has 1 heterocycles. The topological polar surface area (TPSA) is 83.6 Å². The van der Waals surface area contributed by atoms with Crippen molar-refractivity contribution in [3.63, 3.8) is 0 Å². The van der Waals surface area contributed by atoms with E-state index in [0.29, 0.717) is 13.0 Å². The summed E-state index contributed by atoms with van der Waals surface area (Å²) in [5.41, 5.74) is 8.27. The number of nitrogens with two attached hydrogens (primary N) is 1. The molecule has 0 saturated heterocycles. The number of carbonyl (C=O) groups is 2. The van der Waals surface area contributed by atoms with Crippen LogP contribution < -0.4 is 10.6 Å². The Morgan fingerprint density at radius 1 is 1.47 bits per heavy atom. The monoisotopic (exact) mass is 234 g/mol. The van der Waals surface area contributed by atoms with E-state index in [-0.39, 0.29) is 18.9 Å². The third-order valence-corrected chi connectivity index (χ3v) is 2.86. The fraction of sp³-hybridized carbons (Fsp3) is 0.333. The summed E-state index contributed by atoms with van der Waals surface area (Å²) in [6, 6.07) is 5.61. The van der Waals surface area contributed by atoms with Crippen LogP contribution in [0.4, 0.5) is 5.69 Å². The van der Waals surface area contributed by atoms with Gasteiger partial charge in [-0.2, -0.15) is 0 Å². The van der Waals surface area contributed by atoms with Crippen LogP contribution >= 0.6 is 0 Å². The second kappa shape index (κ2) is 4.55. The average molecular weight is 234 g/mol. The zero-order chi connectivity index (χ0) is 12.4. The van der Waals surface area contributed by atoms with Crippen molar-refractivity contribution in [2.24, 2.45) is 5.73 Å². The number of benzene rings is 1. The lowest BCUT2D eigenvalue weighted by Gasteiger charge is -2.16. The molecule has 17 heavy (non-hydrogen) atoms. The Bertz CT molecular complexity index is 471. The van der Waals surface area contributed by atoms with E-state index in [9.17, 15) is 9.59 Å². The standard InChI is InChI=1S/C12H14N2O3/c13-7-8-1-2-10-9(5-8)6-11(15)14(10)4-3-12(16)17/h1-2,5H,3-4,6-7,13H2,(H,16,17). The van der Waals surface area contributed by atoms with Crippen LogP contribution in [0.2, 0.25) is 0 Å². The second-order valence-corrected chi connectivity index (χ2v) is 4.03. The Morgan fingerprint density at radius 3 is 2.88 bits per heavy atom. The third kappa shape index (κ3) is 2.29. The summed E-state index contributed by atoms with van der Waals surface area (Å²) in [5, 5.41) is 8.64. The van der Waals surface area contributed by atoms with Gasteiger partial charge in [0.2, 0.25) is 5.91 Å². The fourth-order valence-corrected chi connectivity index (χ4v) is 2.02. The first kappa shape index (κ1) is 11.6. The fourth-order valence-electron chi connectivity index (χ4n) is 2.02. The maximum atomic E-state index is 11.7. The summed E-state index contributed by atoms with van der Waals surface area (Å²) in [7, 11) is 0. The lowest BCUT2D eigenvalue weighted by molar-refractivity contribution is -0.136. The van der Waals surface area contributed by atoms with E-state index in [0.717, 1.165) is 16.8 Å². The highest BCUT2D eigenvalue weighted by molar-refractivity contribution is 6.01. The van der Waals surface area contributed by atoms with E-state index < -0.39 is 5.97 Å². The second-order valence-electron chi connectivity index (χ2n) is 4.03. The molecule has 1 amide bonds. The van der Waals surface area contributed by atoms with Crippen LogP contribution in [-0.2, 0) is 22.6 Å². The minimum atomic E-state index is -0.898. The number of fused-ring (bicyclic) bond motifs is 1. The Labute approximate surface area is 98.8 Å². The van der Waals surface area contributed by atoms with Crippen molar-refractivity contribution in [3.8, 4) is 0 Å². The first-order valence-corrected chi connectivity index (χ1v) is 5.46. The van der Waals surface area contributed by atoms with Gasteiger partial charge in [0.05, 0.1) is 12.8 Å². The van der Waals surface area contributed by atoms with Gasteiger partial charge in [-0.15, -0.1) is 0 Å². The van der Waals surface area contributed by atoms with E-state index in [1.54, 1.807) is 0 Å². The van der Waals surface area contributed by atoms with Gasteiger partial charge >= 0.3 is 5.97 Å². The molecule has 1 aliphatic heterocycles. The van der Waals surface area contributed by atoms with Gasteiger partial charge in [0.1, 0.15) is 0 Å². The molecular weight excluding hydrogens is 220 g/mol. The maximum Gasteiger partial charge on any atom is 0.305 e.